The highest BCUT2D eigenvalue weighted by atomic mass is 19.4. The molecule has 3 rings (SSSR count). The van der Waals surface area contributed by atoms with E-state index < -0.39 is 17.2 Å². The molecule has 0 radical (unpaired) electrons. The van der Waals surface area contributed by atoms with Gasteiger partial charge in [0.15, 0.2) is 5.43 Å². The van der Waals surface area contributed by atoms with Crippen LogP contribution in [0.5, 0.6) is 5.75 Å². The minimum Gasteiger partial charge on any atom is -0.508 e. The molecule has 1 aromatic heterocycles. The predicted molar refractivity (Wildman–Crippen MR) is 74.6 cm³/mol. The van der Waals surface area contributed by atoms with E-state index in [1.807, 2.05) is 0 Å². The molecule has 0 bridgehead atoms. The van der Waals surface area contributed by atoms with E-state index >= 15 is 0 Å². The fraction of sp³-hybridized carbons (Fsp3) is 0.0625. The zero-order valence-corrected chi connectivity index (χ0v) is 11.0. The number of hydrogen-bond donors (Lipinski definition) is 1. The largest absolute Gasteiger partial charge is 0.508 e. The third-order valence-corrected chi connectivity index (χ3v) is 3.19. The Bertz CT molecular complexity index is 910. The minimum absolute atomic E-state index is 0.0364. The first kappa shape index (κ1) is 14.2. The summed E-state index contributed by atoms with van der Waals surface area (Å²) in [5, 5.41) is 9.52. The van der Waals surface area contributed by atoms with Crippen molar-refractivity contribution < 1.29 is 22.7 Å². The Morgan fingerprint density at radius 3 is 2.50 bits per heavy atom. The van der Waals surface area contributed by atoms with Crippen molar-refractivity contribution >= 4 is 11.0 Å². The first-order valence-corrected chi connectivity index (χ1v) is 6.29. The van der Waals surface area contributed by atoms with Crippen LogP contribution in [-0.2, 0) is 6.18 Å². The van der Waals surface area contributed by atoms with Crippen molar-refractivity contribution in [1.29, 1.82) is 0 Å². The standard InChI is InChI=1S/C16H9F3O3/c17-16(18,19)10-3-1-2-9(6-10)15-8-13(21)12-7-11(20)4-5-14(12)22-15/h1-8,20H. The maximum absolute atomic E-state index is 12.7. The Hall–Kier alpha value is -2.76. The first-order chi connectivity index (χ1) is 10.3. The molecule has 0 spiro atoms. The van der Waals surface area contributed by atoms with E-state index in [1.165, 1.54) is 30.3 Å². The van der Waals surface area contributed by atoms with Crippen LogP contribution in [0.15, 0.2) is 57.7 Å². The molecule has 0 atom stereocenters. The summed E-state index contributed by atoms with van der Waals surface area (Å²) in [5.74, 6) is -0.0547. The van der Waals surface area contributed by atoms with Gasteiger partial charge in [0.05, 0.1) is 10.9 Å². The number of halogens is 3. The predicted octanol–water partition coefficient (Wildman–Crippen LogP) is 4.18. The molecule has 0 saturated heterocycles. The molecule has 3 nitrogen and oxygen atoms in total. The van der Waals surface area contributed by atoms with E-state index in [9.17, 15) is 23.1 Å². The molecular weight excluding hydrogens is 297 g/mol. The molecule has 0 saturated carbocycles. The maximum Gasteiger partial charge on any atom is 0.416 e. The van der Waals surface area contributed by atoms with Gasteiger partial charge in [-0.15, -0.1) is 0 Å². The summed E-state index contributed by atoms with van der Waals surface area (Å²) in [5.41, 5.74) is -0.914. The third kappa shape index (κ3) is 2.55. The average molecular weight is 306 g/mol. The van der Waals surface area contributed by atoms with Gasteiger partial charge in [-0.1, -0.05) is 12.1 Å². The second-order valence-corrected chi connectivity index (χ2v) is 4.73. The minimum atomic E-state index is -4.47. The summed E-state index contributed by atoms with van der Waals surface area (Å²) >= 11 is 0. The zero-order chi connectivity index (χ0) is 15.9. The van der Waals surface area contributed by atoms with Crippen LogP contribution in [0.25, 0.3) is 22.3 Å². The second kappa shape index (κ2) is 4.91. The van der Waals surface area contributed by atoms with E-state index in [-0.39, 0.29) is 28.0 Å². The molecule has 112 valence electrons. The maximum atomic E-state index is 12.7. The van der Waals surface area contributed by atoms with Crippen LogP contribution in [0.2, 0.25) is 0 Å². The summed E-state index contributed by atoms with van der Waals surface area (Å²) in [6.07, 6.45) is -4.47. The van der Waals surface area contributed by atoms with E-state index in [2.05, 4.69) is 0 Å². The van der Waals surface area contributed by atoms with Gasteiger partial charge in [0.2, 0.25) is 0 Å². The lowest BCUT2D eigenvalue weighted by Gasteiger charge is -2.08. The number of fused-ring (bicyclic) bond motifs is 1. The number of alkyl halides is 3. The molecule has 0 fully saturated rings. The van der Waals surface area contributed by atoms with E-state index in [4.69, 9.17) is 4.42 Å². The van der Waals surface area contributed by atoms with Gasteiger partial charge >= 0.3 is 6.18 Å². The summed E-state index contributed by atoms with van der Waals surface area (Å²) < 4.78 is 43.7. The second-order valence-electron chi connectivity index (χ2n) is 4.73. The molecule has 2 aromatic carbocycles. The molecule has 0 aliphatic rings. The lowest BCUT2D eigenvalue weighted by molar-refractivity contribution is -0.137. The molecule has 0 unspecified atom stereocenters. The Labute approximate surface area is 122 Å². The Morgan fingerprint density at radius 2 is 1.77 bits per heavy atom. The molecule has 6 heteroatoms. The Morgan fingerprint density at radius 1 is 1.00 bits per heavy atom. The van der Waals surface area contributed by atoms with Crippen LogP contribution in [0.1, 0.15) is 5.56 Å². The molecule has 0 aliphatic carbocycles. The van der Waals surface area contributed by atoms with Crippen LogP contribution in [0.3, 0.4) is 0 Å². The molecular formula is C16H9F3O3. The number of phenolic OH excluding ortho intramolecular Hbond substituents is 1. The fourth-order valence-electron chi connectivity index (χ4n) is 2.14. The monoisotopic (exact) mass is 306 g/mol. The topological polar surface area (TPSA) is 50.4 Å². The smallest absolute Gasteiger partial charge is 0.416 e. The summed E-state index contributed by atoms with van der Waals surface area (Å²) in [7, 11) is 0. The Balaban J connectivity index is 2.19. The van der Waals surface area contributed by atoms with Gasteiger partial charge in [0.1, 0.15) is 17.1 Å². The van der Waals surface area contributed by atoms with Gasteiger partial charge in [0, 0.05) is 11.6 Å². The van der Waals surface area contributed by atoms with Gasteiger partial charge in [-0.05, 0) is 30.3 Å². The van der Waals surface area contributed by atoms with Crippen LogP contribution < -0.4 is 5.43 Å². The van der Waals surface area contributed by atoms with Crippen LogP contribution in [0, 0.1) is 0 Å². The van der Waals surface area contributed by atoms with Gasteiger partial charge in [-0.2, -0.15) is 13.2 Å². The van der Waals surface area contributed by atoms with Crippen molar-refractivity contribution in [2.45, 2.75) is 6.18 Å². The van der Waals surface area contributed by atoms with Gasteiger partial charge < -0.3 is 9.52 Å². The highest BCUT2D eigenvalue weighted by Crippen LogP contribution is 2.32. The molecule has 0 amide bonds. The number of rotatable bonds is 1. The van der Waals surface area contributed by atoms with E-state index in [1.54, 1.807) is 0 Å². The highest BCUT2D eigenvalue weighted by molar-refractivity contribution is 5.80. The normalized spacial score (nSPS) is 11.8. The quantitative estimate of drug-likeness (QED) is 0.733. The van der Waals surface area contributed by atoms with Crippen LogP contribution >= 0.6 is 0 Å². The molecule has 1 N–H and O–H groups in total. The highest BCUT2D eigenvalue weighted by Gasteiger charge is 2.30. The molecule has 1 heterocycles. The van der Waals surface area contributed by atoms with Crippen LogP contribution in [-0.4, -0.2) is 5.11 Å². The molecule has 0 aliphatic heterocycles. The first-order valence-electron chi connectivity index (χ1n) is 6.29. The van der Waals surface area contributed by atoms with Gasteiger partial charge in [-0.25, -0.2) is 0 Å². The Kier molecular flexibility index (Phi) is 3.16. The van der Waals surface area contributed by atoms with Crippen molar-refractivity contribution in [1.82, 2.24) is 0 Å². The van der Waals surface area contributed by atoms with Crippen molar-refractivity contribution in [3.8, 4) is 17.1 Å². The van der Waals surface area contributed by atoms with Crippen LogP contribution in [0.4, 0.5) is 13.2 Å². The summed E-state index contributed by atoms with van der Waals surface area (Å²) in [4.78, 5) is 12.0. The van der Waals surface area contributed by atoms with Gasteiger partial charge in [0.25, 0.3) is 0 Å². The zero-order valence-electron chi connectivity index (χ0n) is 11.0. The van der Waals surface area contributed by atoms with E-state index in [0.29, 0.717) is 0 Å². The fourth-order valence-corrected chi connectivity index (χ4v) is 2.14. The lowest BCUT2D eigenvalue weighted by atomic mass is 10.1. The molecule has 22 heavy (non-hydrogen) atoms. The number of phenols is 1. The summed E-state index contributed by atoms with van der Waals surface area (Å²) in [6, 6.07) is 9.63. The van der Waals surface area contributed by atoms with Crippen molar-refractivity contribution in [2.75, 3.05) is 0 Å². The number of aromatic hydroxyl groups is 1. The summed E-state index contributed by atoms with van der Waals surface area (Å²) in [6.45, 7) is 0. The van der Waals surface area contributed by atoms with Crippen molar-refractivity contribution in [3.63, 3.8) is 0 Å². The average Bonchev–Trinajstić information content (AvgIpc) is 2.47. The number of benzene rings is 2. The molecule has 3 aromatic rings. The lowest BCUT2D eigenvalue weighted by Crippen LogP contribution is -2.05. The van der Waals surface area contributed by atoms with E-state index in [0.717, 1.165) is 18.2 Å². The van der Waals surface area contributed by atoms with Gasteiger partial charge in [-0.3, -0.25) is 4.79 Å². The van der Waals surface area contributed by atoms with Crippen molar-refractivity contribution in [2.24, 2.45) is 0 Å². The third-order valence-electron chi connectivity index (χ3n) is 3.19. The number of hydrogen-bond acceptors (Lipinski definition) is 3. The van der Waals surface area contributed by atoms with Crippen molar-refractivity contribution in [3.05, 3.63) is 64.3 Å². The SMILES string of the molecule is O=c1cc(-c2cccc(C(F)(F)F)c2)oc2ccc(O)cc12.